The second-order valence-corrected chi connectivity index (χ2v) is 7.95. The molecular formula is C17H26ClN3. The molecule has 1 aromatic rings. The average Bonchev–Trinajstić information content (AvgIpc) is 2.76. The van der Waals surface area contributed by atoms with E-state index >= 15 is 0 Å². The molecule has 4 saturated carbocycles. The first-order chi connectivity index (χ1) is 10.2. The number of halogens is 1. The molecule has 4 fully saturated rings. The average molecular weight is 308 g/mol. The summed E-state index contributed by atoms with van der Waals surface area (Å²) in [7, 11) is 2.03. The van der Waals surface area contributed by atoms with Gasteiger partial charge in [0.25, 0.3) is 0 Å². The third kappa shape index (κ3) is 2.24. The van der Waals surface area contributed by atoms with E-state index in [1.165, 1.54) is 37.8 Å². The van der Waals surface area contributed by atoms with Gasteiger partial charge in [0.05, 0.1) is 23.0 Å². The van der Waals surface area contributed by atoms with E-state index in [0.29, 0.717) is 6.04 Å². The van der Waals surface area contributed by atoms with Crippen molar-refractivity contribution >= 4 is 11.6 Å². The monoisotopic (exact) mass is 307 g/mol. The zero-order valence-corrected chi connectivity index (χ0v) is 13.8. The molecule has 1 unspecified atom stereocenters. The highest BCUT2D eigenvalue weighted by Crippen LogP contribution is 2.59. The van der Waals surface area contributed by atoms with Gasteiger partial charge in [-0.3, -0.25) is 4.68 Å². The van der Waals surface area contributed by atoms with E-state index in [-0.39, 0.29) is 0 Å². The number of rotatable bonds is 4. The number of nitrogens with zero attached hydrogens (tertiary/aromatic N) is 2. The minimum absolute atomic E-state index is 0.380. The number of hydrogen-bond acceptors (Lipinski definition) is 2. The molecule has 1 N–H and O–H groups in total. The van der Waals surface area contributed by atoms with Gasteiger partial charge >= 0.3 is 0 Å². The molecule has 0 saturated heterocycles. The smallest absolute Gasteiger partial charge is 0.0834 e. The second-order valence-electron chi connectivity index (χ2n) is 7.54. The van der Waals surface area contributed by atoms with Gasteiger partial charge in [0.2, 0.25) is 0 Å². The lowest BCUT2D eigenvalue weighted by Crippen LogP contribution is -2.50. The quantitative estimate of drug-likeness (QED) is 0.917. The fraction of sp³-hybridized carbons (Fsp3) is 0.824. The Morgan fingerprint density at radius 2 is 1.86 bits per heavy atom. The molecular weight excluding hydrogens is 282 g/mol. The molecule has 4 bridgehead atoms. The zero-order valence-electron chi connectivity index (χ0n) is 13.1. The summed E-state index contributed by atoms with van der Waals surface area (Å²) in [6.07, 6.45) is 9.13. The molecule has 0 radical (unpaired) electrons. The van der Waals surface area contributed by atoms with Gasteiger partial charge in [0.1, 0.15) is 0 Å². The maximum absolute atomic E-state index is 6.47. The first-order valence-electron chi connectivity index (χ1n) is 8.58. The minimum atomic E-state index is 0.380. The second kappa shape index (κ2) is 5.27. The lowest BCUT2D eigenvalue weighted by Gasteiger charge is -2.56. The van der Waals surface area contributed by atoms with Crippen molar-refractivity contribution in [1.82, 2.24) is 15.1 Å². The van der Waals surface area contributed by atoms with E-state index in [1.54, 1.807) is 6.20 Å². The van der Waals surface area contributed by atoms with Gasteiger partial charge in [0, 0.05) is 7.05 Å². The van der Waals surface area contributed by atoms with E-state index in [9.17, 15) is 0 Å². The van der Waals surface area contributed by atoms with E-state index in [0.717, 1.165) is 41.2 Å². The molecule has 1 aromatic heterocycles. The van der Waals surface area contributed by atoms with E-state index < -0.39 is 0 Å². The predicted octanol–water partition coefficient (Wildman–Crippen LogP) is 3.80. The Morgan fingerprint density at radius 1 is 1.24 bits per heavy atom. The fourth-order valence-electron chi connectivity index (χ4n) is 5.92. The number of aromatic nitrogens is 2. The molecule has 0 amide bonds. The van der Waals surface area contributed by atoms with Gasteiger partial charge in [-0.25, -0.2) is 0 Å². The Morgan fingerprint density at radius 3 is 2.33 bits per heavy atom. The van der Waals surface area contributed by atoms with Crippen LogP contribution in [0.15, 0.2) is 6.20 Å². The topological polar surface area (TPSA) is 29.9 Å². The van der Waals surface area contributed by atoms with Crippen molar-refractivity contribution in [3.05, 3.63) is 16.9 Å². The summed E-state index contributed by atoms with van der Waals surface area (Å²) in [6, 6.07) is 0.380. The van der Waals surface area contributed by atoms with Gasteiger partial charge in [-0.05, 0) is 68.2 Å². The van der Waals surface area contributed by atoms with Crippen LogP contribution in [0, 0.1) is 29.6 Å². The Bertz CT molecular complexity index is 477. The molecule has 4 heteroatoms. The SMILES string of the molecule is CCNC(c1c(Cl)cnn1C)C1C2CC3CC(C2)CC1C3. The molecule has 1 atom stereocenters. The van der Waals surface area contributed by atoms with Crippen molar-refractivity contribution in [3.63, 3.8) is 0 Å². The Balaban J connectivity index is 1.68. The van der Waals surface area contributed by atoms with Crippen molar-refractivity contribution in [2.75, 3.05) is 6.54 Å². The van der Waals surface area contributed by atoms with Crippen LogP contribution < -0.4 is 5.32 Å². The van der Waals surface area contributed by atoms with E-state index in [1.807, 2.05) is 11.7 Å². The number of nitrogens with one attached hydrogen (secondary N) is 1. The summed E-state index contributed by atoms with van der Waals surface area (Å²) in [4.78, 5) is 0. The zero-order chi connectivity index (χ0) is 14.6. The highest BCUT2D eigenvalue weighted by atomic mass is 35.5. The third-order valence-corrected chi connectivity index (χ3v) is 6.63. The summed E-state index contributed by atoms with van der Waals surface area (Å²) in [5.74, 6) is 4.60. The van der Waals surface area contributed by atoms with Crippen molar-refractivity contribution in [2.24, 2.45) is 36.6 Å². The summed E-state index contributed by atoms with van der Waals surface area (Å²) in [6.45, 7) is 3.20. The van der Waals surface area contributed by atoms with Crippen LogP contribution in [-0.2, 0) is 7.05 Å². The Labute approximate surface area is 132 Å². The standard InChI is InChI=1S/C17H26ClN3/c1-3-19-16(17-14(18)9-20-21(17)2)15-12-5-10-4-11(7-12)8-13(15)6-10/h9-13,15-16,19H,3-8H2,1-2H3. The summed E-state index contributed by atoms with van der Waals surface area (Å²) in [5, 5.41) is 8.96. The predicted molar refractivity (Wildman–Crippen MR) is 85.2 cm³/mol. The lowest BCUT2D eigenvalue weighted by atomic mass is 9.50. The summed E-state index contributed by atoms with van der Waals surface area (Å²) < 4.78 is 1.99. The fourth-order valence-corrected chi connectivity index (χ4v) is 6.20. The molecule has 3 nitrogen and oxygen atoms in total. The van der Waals surface area contributed by atoms with Crippen LogP contribution in [0.1, 0.15) is 50.8 Å². The maximum Gasteiger partial charge on any atom is 0.0834 e. The van der Waals surface area contributed by atoms with Crippen molar-refractivity contribution in [1.29, 1.82) is 0 Å². The highest BCUT2D eigenvalue weighted by Gasteiger charge is 2.51. The molecule has 0 spiro atoms. The van der Waals surface area contributed by atoms with E-state index in [4.69, 9.17) is 11.6 Å². The first-order valence-corrected chi connectivity index (χ1v) is 8.96. The number of hydrogen-bond donors (Lipinski definition) is 1. The normalized spacial score (nSPS) is 38.9. The van der Waals surface area contributed by atoms with Crippen LogP contribution in [0.3, 0.4) is 0 Å². The Kier molecular flexibility index (Phi) is 3.54. The van der Waals surface area contributed by atoms with E-state index in [2.05, 4.69) is 17.3 Å². The lowest BCUT2D eigenvalue weighted by molar-refractivity contribution is -0.0533. The van der Waals surface area contributed by atoms with Crippen molar-refractivity contribution < 1.29 is 0 Å². The van der Waals surface area contributed by atoms with Gasteiger partial charge in [0.15, 0.2) is 0 Å². The van der Waals surface area contributed by atoms with Crippen LogP contribution in [0.4, 0.5) is 0 Å². The molecule has 4 aliphatic carbocycles. The Hall–Kier alpha value is -0.540. The number of aryl methyl sites for hydroxylation is 1. The maximum atomic E-state index is 6.47. The third-order valence-electron chi connectivity index (χ3n) is 6.34. The van der Waals surface area contributed by atoms with Crippen LogP contribution in [0.25, 0.3) is 0 Å². The minimum Gasteiger partial charge on any atom is -0.309 e. The van der Waals surface area contributed by atoms with Crippen molar-refractivity contribution in [2.45, 2.75) is 45.1 Å². The summed E-state index contributed by atoms with van der Waals surface area (Å²) >= 11 is 6.47. The first kappa shape index (κ1) is 14.1. The highest BCUT2D eigenvalue weighted by molar-refractivity contribution is 6.31. The van der Waals surface area contributed by atoms with Crippen LogP contribution in [0.5, 0.6) is 0 Å². The van der Waals surface area contributed by atoms with Crippen molar-refractivity contribution in [3.8, 4) is 0 Å². The van der Waals surface area contributed by atoms with Gasteiger partial charge < -0.3 is 5.32 Å². The van der Waals surface area contributed by atoms with Gasteiger partial charge in [-0.1, -0.05) is 18.5 Å². The molecule has 4 aliphatic rings. The molecule has 116 valence electrons. The van der Waals surface area contributed by atoms with Gasteiger partial charge in [-0.15, -0.1) is 0 Å². The molecule has 1 heterocycles. The summed E-state index contributed by atoms with van der Waals surface area (Å²) in [5.41, 5.74) is 1.20. The molecule has 5 rings (SSSR count). The van der Waals surface area contributed by atoms with Crippen LogP contribution in [0.2, 0.25) is 5.02 Å². The largest absolute Gasteiger partial charge is 0.309 e. The molecule has 0 aromatic carbocycles. The molecule has 21 heavy (non-hydrogen) atoms. The van der Waals surface area contributed by atoms with Gasteiger partial charge in [-0.2, -0.15) is 5.10 Å². The van der Waals surface area contributed by atoms with Crippen LogP contribution >= 0.6 is 11.6 Å². The van der Waals surface area contributed by atoms with Crippen LogP contribution in [-0.4, -0.2) is 16.3 Å². The molecule has 0 aliphatic heterocycles.